The van der Waals surface area contributed by atoms with Crippen LogP contribution in [0.15, 0.2) is 36.0 Å². The highest BCUT2D eigenvalue weighted by atomic mass is 16.6. The van der Waals surface area contributed by atoms with E-state index in [-0.39, 0.29) is 17.9 Å². The Morgan fingerprint density at radius 2 is 1.84 bits per heavy atom. The maximum Gasteiger partial charge on any atom is 0.331 e. The van der Waals surface area contributed by atoms with Gasteiger partial charge in [-0.05, 0) is 50.3 Å². The second-order valence-corrected chi connectivity index (χ2v) is 9.75. The molecule has 3 aliphatic rings. The normalized spacial score (nSPS) is 47.4. The van der Waals surface area contributed by atoms with Gasteiger partial charge in [0.2, 0.25) is 5.60 Å². The molecule has 0 aromatic rings. The summed E-state index contributed by atoms with van der Waals surface area (Å²) in [6.45, 7) is 9.06. The number of nitrogens with one attached hydrogen (secondary N) is 1. The first-order valence-corrected chi connectivity index (χ1v) is 10.7. The van der Waals surface area contributed by atoms with Gasteiger partial charge in [-0.2, -0.15) is 0 Å². The lowest BCUT2D eigenvalue weighted by molar-refractivity contribution is -0.192. The maximum absolute atomic E-state index is 13.4. The molecule has 2 aliphatic heterocycles. The minimum atomic E-state index is -2.08. The smallest absolute Gasteiger partial charge is 0.331 e. The van der Waals surface area contributed by atoms with Crippen molar-refractivity contribution in [2.45, 2.75) is 76.1 Å². The van der Waals surface area contributed by atoms with Gasteiger partial charge in [0.05, 0.1) is 0 Å². The third-order valence-electron chi connectivity index (χ3n) is 6.87. The van der Waals surface area contributed by atoms with E-state index in [4.69, 9.17) is 4.74 Å². The Morgan fingerprint density at radius 3 is 2.45 bits per heavy atom. The van der Waals surface area contributed by atoms with Gasteiger partial charge in [-0.1, -0.05) is 32.4 Å². The van der Waals surface area contributed by atoms with E-state index in [9.17, 15) is 30.0 Å². The zero-order chi connectivity index (χ0) is 23.4. The fourth-order valence-electron chi connectivity index (χ4n) is 5.12. The number of carbonyl (C=O) groups is 2. The summed E-state index contributed by atoms with van der Waals surface area (Å²) in [6, 6.07) is -0.343. The number of allylic oxidation sites excluding steroid dienone is 1. The van der Waals surface area contributed by atoms with Crippen molar-refractivity contribution in [1.82, 2.24) is 5.32 Å². The summed E-state index contributed by atoms with van der Waals surface area (Å²) in [4.78, 5) is 26.1. The molecule has 2 heterocycles. The number of rotatable bonds is 2. The zero-order valence-electron chi connectivity index (χ0n) is 18.6. The summed E-state index contributed by atoms with van der Waals surface area (Å²) in [7, 11) is 0. The third-order valence-corrected chi connectivity index (χ3v) is 6.87. The first kappa shape index (κ1) is 23.7. The Balaban J connectivity index is 2.26. The van der Waals surface area contributed by atoms with Crippen LogP contribution in [-0.2, 0) is 14.3 Å². The quantitative estimate of drug-likeness (QED) is 0.312. The summed E-state index contributed by atoms with van der Waals surface area (Å²) >= 11 is 0. The van der Waals surface area contributed by atoms with E-state index in [1.165, 1.54) is 19.1 Å². The molecule has 0 aromatic carbocycles. The molecule has 1 spiro atoms. The molecule has 0 bridgehead atoms. The van der Waals surface area contributed by atoms with Crippen LogP contribution in [0.5, 0.6) is 0 Å². The molecular weight excluding hydrogens is 402 g/mol. The standard InChI is InChI=1S/C23H33NO7/c1-12(2)10-15-18-14(4)13(3)11-22(30)9-8-21(5,29)19(27)16(25)6-7-17(26)31-23(18,22)20(28)24-15/h6-9,11-12,14-16,18-19,25,27,29-30H,10H2,1-5H3,(H,24,28)/b7-6-,9-8-/t14-,15+,16+,18+,19+,21-,22+,23+/m0/s1. The minimum Gasteiger partial charge on any atom is -0.441 e. The van der Waals surface area contributed by atoms with Crippen molar-refractivity contribution < 1.29 is 34.8 Å². The molecule has 31 heavy (non-hydrogen) atoms. The second kappa shape index (κ2) is 7.85. The van der Waals surface area contributed by atoms with E-state index >= 15 is 0 Å². The van der Waals surface area contributed by atoms with Crippen molar-refractivity contribution in [3.63, 3.8) is 0 Å². The number of hydrogen-bond acceptors (Lipinski definition) is 7. The second-order valence-electron chi connectivity index (χ2n) is 9.75. The topological polar surface area (TPSA) is 136 Å². The van der Waals surface area contributed by atoms with Crippen molar-refractivity contribution in [2.75, 3.05) is 0 Å². The largest absolute Gasteiger partial charge is 0.441 e. The predicted octanol–water partition coefficient (Wildman–Crippen LogP) is 0.355. The van der Waals surface area contributed by atoms with Crippen molar-refractivity contribution in [2.24, 2.45) is 17.8 Å². The number of esters is 1. The van der Waals surface area contributed by atoms with Crippen LogP contribution in [0, 0.1) is 17.8 Å². The molecule has 0 aromatic heterocycles. The van der Waals surface area contributed by atoms with E-state index in [1.54, 1.807) is 0 Å². The highest BCUT2D eigenvalue weighted by molar-refractivity contribution is 5.95. The van der Waals surface area contributed by atoms with Crippen LogP contribution in [0.3, 0.4) is 0 Å². The molecule has 3 rings (SSSR count). The summed E-state index contributed by atoms with van der Waals surface area (Å²) < 4.78 is 5.74. The van der Waals surface area contributed by atoms with Gasteiger partial charge in [-0.25, -0.2) is 4.79 Å². The molecule has 8 heteroatoms. The Kier molecular flexibility index (Phi) is 5.99. The van der Waals surface area contributed by atoms with Gasteiger partial charge < -0.3 is 30.5 Å². The highest BCUT2D eigenvalue weighted by Crippen LogP contribution is 2.52. The van der Waals surface area contributed by atoms with Gasteiger partial charge in [-0.15, -0.1) is 0 Å². The van der Waals surface area contributed by atoms with Gasteiger partial charge in [-0.3, -0.25) is 4.79 Å². The molecular formula is C23H33NO7. The molecule has 8 nitrogen and oxygen atoms in total. The van der Waals surface area contributed by atoms with Crippen LogP contribution in [0.1, 0.15) is 41.0 Å². The van der Waals surface area contributed by atoms with Gasteiger partial charge in [0.15, 0.2) is 5.60 Å². The predicted molar refractivity (Wildman–Crippen MR) is 112 cm³/mol. The van der Waals surface area contributed by atoms with E-state index in [0.717, 1.165) is 23.8 Å². The Morgan fingerprint density at radius 1 is 1.19 bits per heavy atom. The lowest BCUT2D eigenvalue weighted by atomic mass is 9.61. The molecule has 8 atom stereocenters. The van der Waals surface area contributed by atoms with Crippen molar-refractivity contribution in [3.05, 3.63) is 36.0 Å². The summed E-state index contributed by atoms with van der Waals surface area (Å²) in [5, 5.41) is 45.9. The Hall–Kier alpha value is -2.00. The zero-order valence-corrected chi connectivity index (χ0v) is 18.6. The van der Waals surface area contributed by atoms with Gasteiger partial charge in [0.25, 0.3) is 5.91 Å². The summed E-state index contributed by atoms with van der Waals surface area (Å²) in [5.41, 5.74) is -5.20. The van der Waals surface area contributed by atoms with E-state index < -0.39 is 46.8 Å². The van der Waals surface area contributed by atoms with Crippen molar-refractivity contribution in [3.8, 4) is 0 Å². The van der Waals surface area contributed by atoms with Crippen LogP contribution in [0.2, 0.25) is 0 Å². The van der Waals surface area contributed by atoms with Gasteiger partial charge >= 0.3 is 5.97 Å². The van der Waals surface area contributed by atoms with Crippen LogP contribution in [0.4, 0.5) is 0 Å². The number of amides is 1. The fourth-order valence-corrected chi connectivity index (χ4v) is 5.12. The first-order chi connectivity index (χ1) is 14.2. The maximum atomic E-state index is 13.4. The third kappa shape index (κ3) is 3.75. The molecule has 1 fully saturated rings. The lowest BCUT2D eigenvalue weighted by Gasteiger charge is -2.49. The van der Waals surface area contributed by atoms with E-state index in [0.29, 0.717) is 6.42 Å². The molecule has 172 valence electrons. The van der Waals surface area contributed by atoms with Crippen LogP contribution >= 0.6 is 0 Å². The van der Waals surface area contributed by atoms with E-state index in [1.807, 2.05) is 27.7 Å². The molecule has 0 radical (unpaired) electrons. The van der Waals surface area contributed by atoms with E-state index in [2.05, 4.69) is 5.32 Å². The number of ether oxygens (including phenoxy) is 1. The molecule has 1 saturated heterocycles. The number of hydrogen-bond donors (Lipinski definition) is 5. The van der Waals surface area contributed by atoms with Crippen molar-refractivity contribution >= 4 is 11.9 Å². The highest BCUT2D eigenvalue weighted by Gasteiger charge is 2.70. The molecule has 1 aliphatic carbocycles. The molecule has 0 saturated carbocycles. The average Bonchev–Trinajstić information content (AvgIpc) is 2.93. The van der Waals surface area contributed by atoms with Crippen LogP contribution in [-0.4, -0.2) is 67.4 Å². The minimum absolute atomic E-state index is 0.185. The SMILES string of the molecule is CC1=C[C@]2(O)/C=C\[C@](C)(O)[C@H](O)[C@H](O)/C=C\C(=O)O[C@]23C(=O)N[C@H](CC(C)C)[C@H]3[C@H]1C. The van der Waals surface area contributed by atoms with Crippen molar-refractivity contribution in [1.29, 1.82) is 0 Å². The van der Waals surface area contributed by atoms with Gasteiger partial charge in [0, 0.05) is 18.0 Å². The number of aliphatic hydroxyl groups excluding tert-OH is 2. The Bertz CT molecular complexity index is 845. The molecule has 5 N–H and O–H groups in total. The summed E-state index contributed by atoms with van der Waals surface area (Å²) in [6.07, 6.45) is 3.06. The molecule has 1 amide bonds. The van der Waals surface area contributed by atoms with Gasteiger partial charge in [0.1, 0.15) is 17.8 Å². The first-order valence-electron chi connectivity index (χ1n) is 10.7. The number of carbonyl (C=O) groups excluding carboxylic acids is 2. The monoisotopic (exact) mass is 435 g/mol. The Labute approximate surface area is 182 Å². The number of aliphatic hydroxyl groups is 4. The molecule has 0 unspecified atom stereocenters. The fraction of sp³-hybridized carbons (Fsp3) is 0.652. The van der Waals surface area contributed by atoms with Crippen LogP contribution in [0.25, 0.3) is 0 Å². The average molecular weight is 436 g/mol. The summed E-state index contributed by atoms with van der Waals surface area (Å²) in [5.74, 6) is -2.07. The van der Waals surface area contributed by atoms with Crippen LogP contribution < -0.4 is 5.32 Å². The lowest BCUT2D eigenvalue weighted by Crippen LogP contribution is -2.66.